The van der Waals surface area contributed by atoms with Gasteiger partial charge in [0.2, 0.25) is 0 Å². The molecule has 1 aromatic carbocycles. The van der Waals surface area contributed by atoms with E-state index in [4.69, 9.17) is 16.3 Å². The summed E-state index contributed by atoms with van der Waals surface area (Å²) in [6, 6.07) is 8.31. The summed E-state index contributed by atoms with van der Waals surface area (Å²) < 4.78 is 5.73. The molecule has 0 bridgehead atoms. The van der Waals surface area contributed by atoms with Crippen LogP contribution in [0.4, 0.5) is 0 Å². The minimum atomic E-state index is 0.0895. The van der Waals surface area contributed by atoms with Crippen LogP contribution in [-0.2, 0) is 4.74 Å². The van der Waals surface area contributed by atoms with Crippen LogP contribution in [0.1, 0.15) is 30.1 Å². The Labute approximate surface area is 90.0 Å². The molecule has 2 heteroatoms. The molecular weight excluding hydrogens is 196 g/mol. The quantitative estimate of drug-likeness (QED) is 0.646. The van der Waals surface area contributed by atoms with Crippen molar-refractivity contribution in [3.8, 4) is 0 Å². The molecule has 1 fully saturated rings. The van der Waals surface area contributed by atoms with Crippen LogP contribution in [0.15, 0.2) is 24.3 Å². The summed E-state index contributed by atoms with van der Waals surface area (Å²) in [6.07, 6.45) is 2.23. The fourth-order valence-electron chi connectivity index (χ4n) is 1.94. The lowest BCUT2D eigenvalue weighted by Crippen LogP contribution is -2.23. The topological polar surface area (TPSA) is 9.23 Å². The number of halogens is 1. The lowest BCUT2D eigenvalue weighted by atomic mass is 9.97. The fourth-order valence-corrected chi connectivity index (χ4v) is 2.30. The Morgan fingerprint density at radius 3 is 2.86 bits per heavy atom. The van der Waals surface area contributed by atoms with E-state index in [-0.39, 0.29) is 11.5 Å². The lowest BCUT2D eigenvalue weighted by Gasteiger charge is -2.28. The summed E-state index contributed by atoms with van der Waals surface area (Å²) in [6.45, 7) is 2.94. The molecule has 0 saturated carbocycles. The van der Waals surface area contributed by atoms with E-state index in [2.05, 4.69) is 19.1 Å². The number of hydrogen-bond acceptors (Lipinski definition) is 1. The average molecular weight is 211 g/mol. The molecule has 0 amide bonds. The number of hydrogen-bond donors (Lipinski definition) is 0. The van der Waals surface area contributed by atoms with E-state index < -0.39 is 0 Å². The highest BCUT2D eigenvalue weighted by molar-refractivity contribution is 6.21. The molecule has 1 saturated heterocycles. The van der Waals surface area contributed by atoms with E-state index in [0.717, 1.165) is 19.4 Å². The van der Waals surface area contributed by atoms with Gasteiger partial charge in [0.25, 0.3) is 0 Å². The molecule has 2 rings (SSSR count). The summed E-state index contributed by atoms with van der Waals surface area (Å²) in [5.41, 5.74) is 2.51. The van der Waals surface area contributed by atoms with Crippen molar-refractivity contribution >= 4 is 11.6 Å². The first-order chi connectivity index (χ1) is 6.79. The Morgan fingerprint density at radius 2 is 2.14 bits per heavy atom. The molecule has 0 unspecified atom stereocenters. The monoisotopic (exact) mass is 210 g/mol. The van der Waals surface area contributed by atoms with Gasteiger partial charge in [-0.15, -0.1) is 11.6 Å². The van der Waals surface area contributed by atoms with Crippen LogP contribution in [0, 0.1) is 6.92 Å². The van der Waals surface area contributed by atoms with Gasteiger partial charge in [0.1, 0.15) is 0 Å². The number of alkyl halides is 1. The minimum Gasteiger partial charge on any atom is -0.372 e. The van der Waals surface area contributed by atoms with E-state index in [1.807, 2.05) is 12.1 Å². The Hall–Kier alpha value is -0.530. The van der Waals surface area contributed by atoms with Crippen LogP contribution in [0.2, 0.25) is 0 Å². The van der Waals surface area contributed by atoms with E-state index in [9.17, 15) is 0 Å². The number of benzene rings is 1. The first-order valence-corrected chi connectivity index (χ1v) is 5.54. The van der Waals surface area contributed by atoms with Gasteiger partial charge in [0.05, 0.1) is 11.5 Å². The van der Waals surface area contributed by atoms with Crippen molar-refractivity contribution in [3.05, 3.63) is 35.4 Å². The third-order valence-corrected chi connectivity index (χ3v) is 3.19. The largest absolute Gasteiger partial charge is 0.372 e. The van der Waals surface area contributed by atoms with Gasteiger partial charge in [-0.2, -0.15) is 0 Å². The van der Waals surface area contributed by atoms with Gasteiger partial charge in [-0.25, -0.2) is 0 Å². The second-order valence-corrected chi connectivity index (χ2v) is 4.37. The average Bonchev–Trinajstić information content (AvgIpc) is 2.20. The zero-order chi connectivity index (χ0) is 9.97. The van der Waals surface area contributed by atoms with Gasteiger partial charge in [0.15, 0.2) is 0 Å². The van der Waals surface area contributed by atoms with E-state index in [1.54, 1.807) is 0 Å². The molecule has 0 N–H and O–H groups in total. The van der Waals surface area contributed by atoms with E-state index in [1.165, 1.54) is 11.1 Å². The highest BCUT2D eigenvalue weighted by atomic mass is 35.5. The van der Waals surface area contributed by atoms with Gasteiger partial charge in [-0.05, 0) is 30.9 Å². The predicted octanol–water partition coefficient (Wildman–Crippen LogP) is 3.45. The molecule has 14 heavy (non-hydrogen) atoms. The Kier molecular flexibility index (Phi) is 3.09. The zero-order valence-electron chi connectivity index (χ0n) is 8.37. The zero-order valence-corrected chi connectivity index (χ0v) is 9.13. The predicted molar refractivity (Wildman–Crippen MR) is 58.7 cm³/mol. The summed E-state index contributed by atoms with van der Waals surface area (Å²) in [4.78, 5) is 0. The van der Waals surface area contributed by atoms with Crippen molar-refractivity contribution in [2.45, 2.75) is 31.2 Å². The van der Waals surface area contributed by atoms with Crippen molar-refractivity contribution < 1.29 is 4.74 Å². The van der Waals surface area contributed by atoms with Crippen molar-refractivity contribution in [2.24, 2.45) is 0 Å². The third kappa shape index (κ3) is 1.94. The smallest absolute Gasteiger partial charge is 0.0990 e. The Morgan fingerprint density at radius 1 is 1.36 bits per heavy atom. The van der Waals surface area contributed by atoms with Gasteiger partial charge in [-0.1, -0.05) is 24.3 Å². The van der Waals surface area contributed by atoms with Crippen LogP contribution in [0.25, 0.3) is 0 Å². The number of rotatable bonds is 1. The van der Waals surface area contributed by atoms with E-state index in [0.29, 0.717) is 0 Å². The minimum absolute atomic E-state index is 0.0895. The first kappa shape index (κ1) is 10.0. The molecule has 1 nitrogen and oxygen atoms in total. The molecule has 0 aromatic heterocycles. The van der Waals surface area contributed by atoms with Gasteiger partial charge < -0.3 is 4.74 Å². The lowest BCUT2D eigenvalue weighted by molar-refractivity contribution is 0.0180. The maximum absolute atomic E-state index is 6.26. The second kappa shape index (κ2) is 4.33. The van der Waals surface area contributed by atoms with Gasteiger partial charge in [0, 0.05) is 6.61 Å². The van der Waals surface area contributed by atoms with Crippen molar-refractivity contribution in [1.82, 2.24) is 0 Å². The van der Waals surface area contributed by atoms with Crippen LogP contribution in [0.3, 0.4) is 0 Å². The first-order valence-electron chi connectivity index (χ1n) is 5.10. The summed E-state index contributed by atoms with van der Waals surface area (Å²) in [5, 5.41) is 0.129. The fraction of sp³-hybridized carbons (Fsp3) is 0.500. The molecule has 1 aromatic rings. The number of aryl methyl sites for hydroxylation is 1. The maximum Gasteiger partial charge on any atom is 0.0990 e. The molecule has 1 aliphatic rings. The van der Waals surface area contributed by atoms with Gasteiger partial charge >= 0.3 is 0 Å². The molecule has 2 atom stereocenters. The van der Waals surface area contributed by atoms with Crippen molar-refractivity contribution in [3.63, 3.8) is 0 Å². The number of ether oxygens (including phenoxy) is 1. The van der Waals surface area contributed by atoms with Crippen LogP contribution in [-0.4, -0.2) is 12.0 Å². The van der Waals surface area contributed by atoms with E-state index >= 15 is 0 Å². The third-order valence-electron chi connectivity index (χ3n) is 2.75. The summed E-state index contributed by atoms with van der Waals surface area (Å²) in [5.74, 6) is 0. The summed E-state index contributed by atoms with van der Waals surface area (Å²) >= 11 is 6.26. The van der Waals surface area contributed by atoms with Crippen molar-refractivity contribution in [2.75, 3.05) is 6.61 Å². The Bertz CT molecular complexity index is 311. The molecule has 1 aliphatic heterocycles. The highest BCUT2D eigenvalue weighted by Crippen LogP contribution is 2.33. The normalized spacial score (nSPS) is 27.6. The molecule has 0 aliphatic carbocycles. The molecule has 76 valence electrons. The Balaban J connectivity index is 2.25. The molecule has 0 radical (unpaired) electrons. The van der Waals surface area contributed by atoms with Crippen LogP contribution < -0.4 is 0 Å². The van der Waals surface area contributed by atoms with Crippen molar-refractivity contribution in [1.29, 1.82) is 0 Å². The molecular formula is C12H15ClO. The maximum atomic E-state index is 6.26. The second-order valence-electron chi connectivity index (χ2n) is 3.81. The van der Waals surface area contributed by atoms with Crippen LogP contribution >= 0.6 is 11.6 Å². The highest BCUT2D eigenvalue weighted by Gasteiger charge is 2.26. The van der Waals surface area contributed by atoms with Crippen LogP contribution in [0.5, 0.6) is 0 Å². The standard InChI is InChI=1S/C12H15ClO/c1-9-5-2-3-6-10(9)12-11(13)7-4-8-14-12/h2-3,5-6,11-12H,4,7-8H2,1H3/t11-,12+/m0/s1. The summed E-state index contributed by atoms with van der Waals surface area (Å²) in [7, 11) is 0. The molecule has 1 heterocycles. The van der Waals surface area contributed by atoms with Gasteiger partial charge in [-0.3, -0.25) is 0 Å². The molecule has 0 spiro atoms. The SMILES string of the molecule is Cc1ccccc1[C@H]1OCCC[C@@H]1Cl.